The Morgan fingerprint density at radius 3 is 2.41 bits per heavy atom. The summed E-state index contributed by atoms with van der Waals surface area (Å²) in [5.74, 6) is -5.42. The van der Waals surface area contributed by atoms with Crippen molar-refractivity contribution in [2.24, 2.45) is 22.9 Å². The van der Waals surface area contributed by atoms with Gasteiger partial charge in [0.15, 0.2) is 5.69 Å². The van der Waals surface area contributed by atoms with Crippen LogP contribution in [0, 0.1) is 27.9 Å². The van der Waals surface area contributed by atoms with Crippen LogP contribution in [0.5, 0.6) is 11.5 Å². The number of aromatic hydroxyl groups is 1. The van der Waals surface area contributed by atoms with Crippen LogP contribution in [0.25, 0.3) is 0 Å². The van der Waals surface area contributed by atoms with Crippen LogP contribution in [0.1, 0.15) is 89.0 Å². The maximum Gasteiger partial charge on any atom is 0.361 e. The number of allylic oxidation sites excluding steroid dienone is 1. The van der Waals surface area contributed by atoms with Gasteiger partial charge in [0, 0.05) is 43.2 Å². The second-order valence-electron chi connectivity index (χ2n) is 13.6. The number of aliphatic hydroxyl groups excluding tert-OH is 2. The molecule has 54 heavy (non-hydrogen) atoms. The van der Waals surface area contributed by atoms with Gasteiger partial charge in [-0.1, -0.05) is 29.3 Å². The Hall–Kier alpha value is -5.39. The first kappa shape index (κ1) is 38.3. The van der Waals surface area contributed by atoms with E-state index in [2.05, 4.69) is 21.5 Å². The normalized spacial score (nSPS) is 24.8. The fraction of sp³-hybridized carbons (Fsp3) is 0.486. The fourth-order valence-corrected chi connectivity index (χ4v) is 8.14. The van der Waals surface area contributed by atoms with Gasteiger partial charge in [0.2, 0.25) is 11.5 Å². The molecule has 0 saturated heterocycles. The van der Waals surface area contributed by atoms with Gasteiger partial charge >= 0.3 is 11.9 Å². The zero-order chi connectivity index (χ0) is 38.6. The summed E-state index contributed by atoms with van der Waals surface area (Å²) in [6, 6.07) is 9.19. The molecule has 0 spiro atoms. The van der Waals surface area contributed by atoms with Crippen molar-refractivity contribution in [1.82, 2.24) is 15.0 Å². The summed E-state index contributed by atoms with van der Waals surface area (Å²) < 4.78 is 17.5. The Bertz CT molecular complexity index is 1930. The molecule has 2 aromatic carbocycles. The number of nitro groups is 1. The van der Waals surface area contributed by atoms with Crippen LogP contribution >= 0.6 is 0 Å². The number of phenols is 1. The highest BCUT2D eigenvalue weighted by molar-refractivity contribution is 6.03. The molecule has 4 N–H and O–H groups in total. The minimum absolute atomic E-state index is 0.00236. The number of carbonyl (C=O) groups excluding carboxylic acids is 2. The van der Waals surface area contributed by atoms with E-state index in [0.717, 1.165) is 18.9 Å². The average Bonchev–Trinajstić information content (AvgIpc) is 3.61. The molecular formula is C37H43N5O12. The first-order valence-corrected chi connectivity index (χ1v) is 17.8. The Morgan fingerprint density at radius 2 is 1.74 bits per heavy atom. The minimum atomic E-state index is -2.15. The molecule has 17 heteroatoms. The lowest BCUT2D eigenvalue weighted by Crippen LogP contribution is -2.62. The van der Waals surface area contributed by atoms with Crippen LogP contribution < -0.4 is 4.74 Å². The van der Waals surface area contributed by atoms with Crippen molar-refractivity contribution in [3.8, 4) is 11.5 Å². The lowest BCUT2D eigenvalue weighted by molar-refractivity contribution is -0.384. The van der Waals surface area contributed by atoms with E-state index < -0.39 is 46.2 Å². The zero-order valence-electron chi connectivity index (χ0n) is 29.9. The fourth-order valence-electron chi connectivity index (χ4n) is 8.14. The number of rotatable bonds is 15. The summed E-state index contributed by atoms with van der Waals surface area (Å²) in [4.78, 5) is 42.6. The highest BCUT2D eigenvalue weighted by Crippen LogP contribution is 2.62. The molecule has 6 rings (SSSR count). The smallest absolute Gasteiger partial charge is 0.361 e. The first-order chi connectivity index (χ1) is 26.1. The number of benzene rings is 2. The van der Waals surface area contributed by atoms with E-state index in [1.165, 1.54) is 18.2 Å². The van der Waals surface area contributed by atoms with E-state index in [1.54, 1.807) is 24.3 Å². The van der Waals surface area contributed by atoms with Crippen molar-refractivity contribution in [2.45, 2.75) is 69.3 Å². The molecule has 17 nitrogen and oxygen atoms in total. The maximum absolute atomic E-state index is 13.3. The third kappa shape index (κ3) is 7.25. The van der Waals surface area contributed by atoms with Gasteiger partial charge in [-0.25, -0.2) is 14.3 Å². The lowest BCUT2D eigenvalue weighted by atomic mass is 9.55. The van der Waals surface area contributed by atoms with Gasteiger partial charge in [-0.2, -0.15) is 0 Å². The van der Waals surface area contributed by atoms with Gasteiger partial charge < -0.3 is 39.5 Å². The van der Waals surface area contributed by atoms with Crippen molar-refractivity contribution in [3.05, 3.63) is 86.7 Å². The number of hydrogen-bond donors (Lipinski definition) is 4. The van der Waals surface area contributed by atoms with Crippen LogP contribution in [0.3, 0.4) is 0 Å². The van der Waals surface area contributed by atoms with Crippen molar-refractivity contribution in [1.29, 1.82) is 0 Å². The van der Waals surface area contributed by atoms with E-state index in [1.807, 2.05) is 0 Å². The molecular weight excluding hydrogens is 706 g/mol. The average molecular weight is 750 g/mol. The molecule has 0 amide bonds. The molecule has 0 radical (unpaired) electrons. The van der Waals surface area contributed by atoms with Gasteiger partial charge in [-0.15, -0.1) is 5.10 Å². The molecule has 288 valence electrons. The third-order valence-electron chi connectivity index (χ3n) is 10.6. The zero-order valence-corrected chi connectivity index (χ0v) is 29.9. The Morgan fingerprint density at radius 1 is 1.04 bits per heavy atom. The van der Waals surface area contributed by atoms with Crippen LogP contribution in [0.15, 0.2) is 59.3 Å². The second kappa shape index (κ2) is 16.3. The van der Waals surface area contributed by atoms with Gasteiger partial charge in [-0.05, 0) is 79.0 Å². The number of nitro benzene ring substituents is 1. The van der Waals surface area contributed by atoms with E-state index in [9.17, 15) is 40.1 Å². The number of aliphatic hydroxyl groups is 3. The number of aromatic nitrogens is 3. The van der Waals surface area contributed by atoms with Gasteiger partial charge in [0.05, 0.1) is 30.8 Å². The Balaban J connectivity index is 1.54. The standard InChI is InChI=1S/C37H43N5O12/c1-51-35(46)33-34(36(47)52-2)41(40-38-33)30-19-28(39-53-20-21-9-11-23(12-10-21)42(49)50)26-17-22(7-3-5-15-43)25(8-4-6-16-44)31-27-18-24(45)13-14-29(27)54-37(30,48)32(26)31/h9-14,17-18,22,25,30-32,43-45,48H,3-8,15-16,19-20H2,1-2H3/t22-,25+,30-,31+,32+,37+/m0/s1. The Labute approximate surface area is 309 Å². The topological polar surface area (TPSA) is 238 Å². The van der Waals surface area contributed by atoms with Crippen molar-refractivity contribution < 1.29 is 54.0 Å². The molecule has 6 atom stereocenters. The second-order valence-corrected chi connectivity index (χ2v) is 13.6. The maximum atomic E-state index is 13.3. The summed E-state index contributed by atoms with van der Waals surface area (Å²) in [5.41, 5.74) is 1.34. The largest absolute Gasteiger partial charge is 0.508 e. The number of methoxy groups -OCH3 is 2. The number of non-ortho nitro benzene ring substituents is 1. The van der Waals surface area contributed by atoms with E-state index >= 15 is 0 Å². The number of esters is 2. The third-order valence-corrected chi connectivity index (χ3v) is 10.6. The van der Waals surface area contributed by atoms with E-state index in [-0.39, 0.29) is 55.2 Å². The number of phenolic OH excluding ortho intramolecular Hbond substituents is 1. The molecule has 0 unspecified atom stereocenters. The molecule has 1 aliphatic heterocycles. The highest BCUT2D eigenvalue weighted by atomic mass is 16.6. The van der Waals surface area contributed by atoms with Crippen LogP contribution in [-0.2, 0) is 20.9 Å². The number of hydrogen-bond acceptors (Lipinski definition) is 15. The van der Waals surface area contributed by atoms with Crippen molar-refractivity contribution in [2.75, 3.05) is 27.4 Å². The van der Waals surface area contributed by atoms with Gasteiger partial charge in [0.25, 0.3) is 5.69 Å². The molecule has 3 aromatic rings. The molecule has 2 aliphatic carbocycles. The van der Waals surface area contributed by atoms with Crippen molar-refractivity contribution in [3.63, 3.8) is 0 Å². The SMILES string of the molecule is COC(=O)c1nnn([C@H]2CC(=NOCc3ccc([N+](=O)[O-])cc3)C3=C[C@H](CCCCO)[C@@H](CCCCO)[C@@H]4c5cc(O)ccc5O[C@@]2(O)[C@H]34)c1C(=O)OC. The van der Waals surface area contributed by atoms with Gasteiger partial charge in [0.1, 0.15) is 24.1 Å². The number of ether oxygens (including phenoxy) is 3. The number of oxime groups is 1. The summed E-state index contributed by atoms with van der Waals surface area (Å²) in [5, 5.41) is 67.0. The molecule has 3 aliphatic rings. The first-order valence-electron chi connectivity index (χ1n) is 17.8. The monoisotopic (exact) mass is 749 g/mol. The highest BCUT2D eigenvalue weighted by Gasteiger charge is 2.64. The molecule has 1 aromatic heterocycles. The number of carbonyl (C=O) groups is 2. The number of nitrogens with zero attached hydrogens (tertiary/aromatic N) is 5. The molecule has 0 bridgehead atoms. The van der Waals surface area contributed by atoms with E-state index in [0.29, 0.717) is 66.7 Å². The van der Waals surface area contributed by atoms with Crippen LogP contribution in [0.2, 0.25) is 0 Å². The molecule has 1 saturated carbocycles. The molecule has 2 heterocycles. The summed E-state index contributed by atoms with van der Waals surface area (Å²) in [6.07, 6.45) is 5.73. The quantitative estimate of drug-likeness (QED) is 0.0745. The Kier molecular flexibility index (Phi) is 11.6. The van der Waals surface area contributed by atoms with Crippen molar-refractivity contribution >= 4 is 23.3 Å². The summed E-state index contributed by atoms with van der Waals surface area (Å²) >= 11 is 0. The summed E-state index contributed by atoms with van der Waals surface area (Å²) in [6.45, 7) is -0.0384. The van der Waals surface area contributed by atoms with Crippen LogP contribution in [0.4, 0.5) is 5.69 Å². The van der Waals surface area contributed by atoms with E-state index in [4.69, 9.17) is 19.0 Å². The van der Waals surface area contributed by atoms with Crippen LogP contribution in [-0.4, -0.2) is 91.2 Å². The number of unbranched alkanes of at least 4 members (excludes halogenated alkanes) is 2. The lowest BCUT2D eigenvalue weighted by Gasteiger charge is -2.56. The molecule has 1 fully saturated rings. The predicted molar refractivity (Wildman–Crippen MR) is 189 cm³/mol. The summed E-state index contributed by atoms with van der Waals surface area (Å²) in [7, 11) is 2.25. The van der Waals surface area contributed by atoms with Gasteiger partial charge in [-0.3, -0.25) is 10.1 Å². The predicted octanol–water partition coefficient (Wildman–Crippen LogP) is 3.96. The number of fused-ring (bicyclic) bond motifs is 2. The minimum Gasteiger partial charge on any atom is -0.508 e.